The highest BCUT2D eigenvalue weighted by atomic mass is 16.2. The van der Waals surface area contributed by atoms with Crippen molar-refractivity contribution in [3.05, 3.63) is 34.9 Å². The molecule has 0 bridgehead atoms. The third-order valence-electron chi connectivity index (χ3n) is 3.96. The third-order valence-corrected chi connectivity index (χ3v) is 3.96. The van der Waals surface area contributed by atoms with Crippen LogP contribution in [0.15, 0.2) is 18.2 Å². The molecule has 4 heteroatoms. The molecule has 0 saturated carbocycles. The first-order valence-corrected chi connectivity index (χ1v) is 7.54. The molecule has 1 saturated heterocycles. The molecule has 2 amide bonds. The molecule has 1 aromatic carbocycles. The molecule has 0 radical (unpaired) electrons. The summed E-state index contributed by atoms with van der Waals surface area (Å²) in [6.45, 7) is 4.80. The molecule has 4 nitrogen and oxygen atoms in total. The minimum Gasteiger partial charge on any atom is -0.353 e. The number of nitrogens with one attached hydrogen (secondary N) is 1. The van der Waals surface area contributed by atoms with Gasteiger partial charge in [-0.05, 0) is 32.3 Å². The van der Waals surface area contributed by atoms with Gasteiger partial charge in [-0.25, -0.2) is 0 Å². The van der Waals surface area contributed by atoms with E-state index in [0.717, 1.165) is 18.4 Å². The van der Waals surface area contributed by atoms with Crippen molar-refractivity contribution < 1.29 is 9.59 Å². The minimum atomic E-state index is 0.0435. The van der Waals surface area contributed by atoms with Crippen molar-refractivity contribution in [2.75, 3.05) is 13.6 Å². The van der Waals surface area contributed by atoms with Crippen LogP contribution >= 0.6 is 0 Å². The summed E-state index contributed by atoms with van der Waals surface area (Å²) in [6, 6.07) is 6.32. The molecule has 1 fully saturated rings. The summed E-state index contributed by atoms with van der Waals surface area (Å²) in [5, 5.41) is 3.07. The van der Waals surface area contributed by atoms with Crippen molar-refractivity contribution >= 4 is 11.8 Å². The number of likely N-dealkylation sites (tertiary alicyclic amines) is 1. The Labute approximate surface area is 126 Å². The number of carbonyl (C=O) groups excluding carboxylic acids is 2. The van der Waals surface area contributed by atoms with E-state index in [-0.39, 0.29) is 17.9 Å². The van der Waals surface area contributed by atoms with Gasteiger partial charge in [-0.3, -0.25) is 9.59 Å². The van der Waals surface area contributed by atoms with E-state index in [0.29, 0.717) is 19.4 Å². The summed E-state index contributed by atoms with van der Waals surface area (Å²) in [5.41, 5.74) is 3.41. The van der Waals surface area contributed by atoms with Gasteiger partial charge in [0.25, 0.3) is 0 Å². The quantitative estimate of drug-likeness (QED) is 0.924. The van der Waals surface area contributed by atoms with E-state index in [1.165, 1.54) is 11.1 Å². The summed E-state index contributed by atoms with van der Waals surface area (Å²) >= 11 is 0. The number of hydrogen-bond acceptors (Lipinski definition) is 2. The van der Waals surface area contributed by atoms with Crippen molar-refractivity contribution in [2.24, 2.45) is 0 Å². The first-order chi connectivity index (χ1) is 9.94. The van der Waals surface area contributed by atoms with Gasteiger partial charge in [-0.2, -0.15) is 0 Å². The van der Waals surface area contributed by atoms with E-state index in [4.69, 9.17) is 0 Å². The molecule has 114 valence electrons. The van der Waals surface area contributed by atoms with Gasteiger partial charge in [0.15, 0.2) is 0 Å². The summed E-state index contributed by atoms with van der Waals surface area (Å²) in [7, 11) is 1.82. The van der Waals surface area contributed by atoms with Crippen LogP contribution in [-0.4, -0.2) is 36.3 Å². The fraction of sp³-hybridized carbons (Fsp3) is 0.529. The predicted molar refractivity (Wildman–Crippen MR) is 83.0 cm³/mol. The summed E-state index contributed by atoms with van der Waals surface area (Å²) in [4.78, 5) is 25.5. The highest BCUT2D eigenvalue weighted by Gasteiger charge is 2.21. The average molecular weight is 288 g/mol. The van der Waals surface area contributed by atoms with Crippen LogP contribution in [0.1, 0.15) is 36.0 Å². The zero-order valence-corrected chi connectivity index (χ0v) is 13.1. The van der Waals surface area contributed by atoms with Crippen LogP contribution in [0.3, 0.4) is 0 Å². The molecule has 0 spiro atoms. The lowest BCUT2D eigenvalue weighted by Crippen LogP contribution is -2.36. The zero-order valence-electron chi connectivity index (χ0n) is 13.1. The molecule has 1 heterocycles. The average Bonchev–Trinajstić information content (AvgIpc) is 2.53. The molecule has 1 aromatic rings. The SMILES string of the molecule is Cc1cc(C)cc(CC(=O)NC2CCC(=O)N(C)CC2)c1. The van der Waals surface area contributed by atoms with Crippen LogP contribution in [0.2, 0.25) is 0 Å². The van der Waals surface area contributed by atoms with Gasteiger partial charge >= 0.3 is 0 Å². The largest absolute Gasteiger partial charge is 0.353 e. The van der Waals surface area contributed by atoms with Crippen LogP contribution in [0.5, 0.6) is 0 Å². The van der Waals surface area contributed by atoms with Crippen molar-refractivity contribution in [2.45, 2.75) is 45.6 Å². The van der Waals surface area contributed by atoms with E-state index in [1.807, 2.05) is 20.9 Å². The van der Waals surface area contributed by atoms with Gasteiger partial charge in [0.2, 0.25) is 11.8 Å². The van der Waals surface area contributed by atoms with E-state index in [2.05, 4.69) is 23.5 Å². The second-order valence-electron chi connectivity index (χ2n) is 6.08. The molecule has 2 rings (SSSR count). The normalized spacial score (nSPS) is 19.3. The number of amides is 2. The van der Waals surface area contributed by atoms with Crippen LogP contribution in [0.4, 0.5) is 0 Å². The molecule has 1 unspecified atom stereocenters. The van der Waals surface area contributed by atoms with Crippen molar-refractivity contribution in [3.8, 4) is 0 Å². The molecule has 1 aliphatic rings. The van der Waals surface area contributed by atoms with E-state index in [1.54, 1.807) is 4.90 Å². The van der Waals surface area contributed by atoms with Crippen molar-refractivity contribution in [1.29, 1.82) is 0 Å². The zero-order chi connectivity index (χ0) is 15.4. The van der Waals surface area contributed by atoms with Gasteiger partial charge in [0.05, 0.1) is 6.42 Å². The van der Waals surface area contributed by atoms with E-state index in [9.17, 15) is 9.59 Å². The molecular formula is C17H24N2O2. The number of nitrogens with zero attached hydrogens (tertiary/aromatic N) is 1. The molecule has 21 heavy (non-hydrogen) atoms. The molecule has 0 aliphatic carbocycles. The van der Waals surface area contributed by atoms with Gasteiger partial charge in [0, 0.05) is 26.1 Å². The Morgan fingerprint density at radius 1 is 1.24 bits per heavy atom. The Bertz CT molecular complexity index is 519. The van der Waals surface area contributed by atoms with Crippen LogP contribution in [-0.2, 0) is 16.0 Å². The molecule has 1 atom stereocenters. The first kappa shape index (κ1) is 15.5. The standard InChI is InChI=1S/C17H24N2O2/c1-12-8-13(2)10-14(9-12)11-16(20)18-15-4-5-17(21)19(3)7-6-15/h8-10,15H,4-7,11H2,1-3H3,(H,18,20). The summed E-state index contributed by atoms with van der Waals surface area (Å²) in [5.74, 6) is 0.211. The third kappa shape index (κ3) is 4.59. The fourth-order valence-corrected chi connectivity index (χ4v) is 2.89. The minimum absolute atomic E-state index is 0.0435. The highest BCUT2D eigenvalue weighted by molar-refractivity contribution is 5.79. The number of carbonyl (C=O) groups is 2. The Kier molecular flexibility index (Phi) is 4.99. The van der Waals surface area contributed by atoms with Gasteiger partial charge in [0.1, 0.15) is 0 Å². The summed E-state index contributed by atoms with van der Waals surface area (Å²) < 4.78 is 0. The summed E-state index contributed by atoms with van der Waals surface area (Å²) in [6.07, 6.45) is 2.50. The number of benzene rings is 1. The van der Waals surface area contributed by atoms with E-state index < -0.39 is 0 Å². The maximum absolute atomic E-state index is 12.2. The lowest BCUT2D eigenvalue weighted by molar-refractivity contribution is -0.129. The fourth-order valence-electron chi connectivity index (χ4n) is 2.89. The second-order valence-corrected chi connectivity index (χ2v) is 6.08. The first-order valence-electron chi connectivity index (χ1n) is 7.54. The highest BCUT2D eigenvalue weighted by Crippen LogP contribution is 2.12. The molecule has 1 aliphatic heterocycles. The van der Waals surface area contributed by atoms with Crippen LogP contribution in [0, 0.1) is 13.8 Å². The monoisotopic (exact) mass is 288 g/mol. The number of rotatable bonds is 3. The molecular weight excluding hydrogens is 264 g/mol. The van der Waals surface area contributed by atoms with Crippen LogP contribution in [0.25, 0.3) is 0 Å². The maximum atomic E-state index is 12.2. The predicted octanol–water partition coefficient (Wildman–Crippen LogP) is 1.97. The topological polar surface area (TPSA) is 49.4 Å². The number of aryl methyl sites for hydroxylation is 2. The van der Waals surface area contributed by atoms with Gasteiger partial charge < -0.3 is 10.2 Å². The lowest BCUT2D eigenvalue weighted by Gasteiger charge is -2.17. The second kappa shape index (κ2) is 6.74. The van der Waals surface area contributed by atoms with Crippen LogP contribution < -0.4 is 5.32 Å². The maximum Gasteiger partial charge on any atom is 0.224 e. The van der Waals surface area contributed by atoms with Crippen molar-refractivity contribution in [3.63, 3.8) is 0 Å². The molecule has 0 aromatic heterocycles. The molecule has 1 N–H and O–H groups in total. The van der Waals surface area contributed by atoms with Gasteiger partial charge in [-0.1, -0.05) is 29.3 Å². The lowest BCUT2D eigenvalue weighted by atomic mass is 10.0. The van der Waals surface area contributed by atoms with Crippen molar-refractivity contribution in [1.82, 2.24) is 10.2 Å². The smallest absolute Gasteiger partial charge is 0.224 e. The van der Waals surface area contributed by atoms with E-state index >= 15 is 0 Å². The Morgan fingerprint density at radius 3 is 2.57 bits per heavy atom. The van der Waals surface area contributed by atoms with Gasteiger partial charge in [-0.15, -0.1) is 0 Å². The Hall–Kier alpha value is -1.84. The Balaban J connectivity index is 1.91. The Morgan fingerprint density at radius 2 is 1.90 bits per heavy atom. The number of hydrogen-bond donors (Lipinski definition) is 1.